The third kappa shape index (κ3) is 3.71. The van der Waals surface area contributed by atoms with Gasteiger partial charge in [0.05, 0.1) is 18.8 Å². The molecule has 0 spiro atoms. The molecular weight excluding hydrogens is 430 g/mol. The first-order valence-corrected chi connectivity index (χ1v) is 11.0. The number of aromatic amines is 1. The number of methoxy groups -OCH3 is 1. The average Bonchev–Trinajstić information content (AvgIpc) is 3.38. The fraction of sp³-hybridized carbons (Fsp3) is 0.148. The normalized spacial score (nSPS) is 14.8. The maximum absolute atomic E-state index is 13.5. The lowest BCUT2D eigenvalue weighted by atomic mass is 9.93. The van der Waals surface area contributed by atoms with Gasteiger partial charge in [-0.1, -0.05) is 66.7 Å². The second-order valence-electron chi connectivity index (χ2n) is 8.10. The topological polar surface area (TPSA) is 91.5 Å². The Morgan fingerprint density at radius 1 is 0.971 bits per heavy atom. The minimum absolute atomic E-state index is 0.192. The van der Waals surface area contributed by atoms with Gasteiger partial charge < -0.3 is 19.9 Å². The molecule has 2 heterocycles. The summed E-state index contributed by atoms with van der Waals surface area (Å²) < 4.78 is 4.60. The molecule has 0 bridgehead atoms. The van der Waals surface area contributed by atoms with E-state index in [1.165, 1.54) is 7.11 Å². The highest BCUT2D eigenvalue weighted by Gasteiger charge is 2.40. The molecule has 4 aromatic rings. The molecule has 0 saturated carbocycles. The molecule has 7 heteroatoms. The van der Waals surface area contributed by atoms with Crippen LogP contribution in [0, 0.1) is 0 Å². The zero-order valence-corrected chi connectivity index (χ0v) is 18.6. The van der Waals surface area contributed by atoms with Gasteiger partial charge in [0.2, 0.25) is 5.91 Å². The summed E-state index contributed by atoms with van der Waals surface area (Å²) in [6, 6.07) is 24.8. The molecule has 0 aliphatic carbocycles. The van der Waals surface area contributed by atoms with Crippen molar-refractivity contribution in [1.29, 1.82) is 0 Å². The van der Waals surface area contributed by atoms with Crippen LogP contribution in [0.1, 0.15) is 27.5 Å². The first-order chi connectivity index (χ1) is 16.6. The van der Waals surface area contributed by atoms with Crippen molar-refractivity contribution < 1.29 is 19.1 Å². The number of benzene rings is 3. The first kappa shape index (κ1) is 21.5. The number of nitrogens with one attached hydrogen (secondary N) is 2. The van der Waals surface area contributed by atoms with Gasteiger partial charge in [0.15, 0.2) is 0 Å². The Bertz CT molecular complexity index is 1390. The number of aromatic nitrogens is 1. The van der Waals surface area contributed by atoms with Crippen LogP contribution in [0.5, 0.6) is 0 Å². The van der Waals surface area contributed by atoms with Crippen LogP contribution in [0.15, 0.2) is 78.9 Å². The van der Waals surface area contributed by atoms with Gasteiger partial charge in [-0.3, -0.25) is 14.4 Å². The number of H-pyrrole nitrogens is 1. The summed E-state index contributed by atoms with van der Waals surface area (Å²) in [6.45, 7) is -0.444. The first-order valence-electron chi connectivity index (χ1n) is 11.0. The minimum Gasteiger partial charge on any atom is -0.468 e. The second-order valence-corrected chi connectivity index (χ2v) is 8.10. The van der Waals surface area contributed by atoms with Crippen molar-refractivity contribution in [3.05, 3.63) is 95.6 Å². The second kappa shape index (κ2) is 8.86. The summed E-state index contributed by atoms with van der Waals surface area (Å²) in [5, 5.41) is 3.52. The van der Waals surface area contributed by atoms with Crippen molar-refractivity contribution in [3.63, 3.8) is 0 Å². The molecule has 0 fully saturated rings. The summed E-state index contributed by atoms with van der Waals surface area (Å²) in [4.78, 5) is 42.8. The molecule has 5 rings (SSSR count). The van der Waals surface area contributed by atoms with E-state index in [9.17, 15) is 14.4 Å². The van der Waals surface area contributed by atoms with Crippen LogP contribution in [0.4, 0.5) is 0 Å². The van der Waals surface area contributed by atoms with Gasteiger partial charge >= 0.3 is 5.97 Å². The standard InChI is InChI=1S/C27H23N3O4/c1-34-23(32)15-28-22(31)16-30-26(18-11-5-6-12-19(18)27(30)33)24-20-13-7-8-14-21(20)29-25(24)17-9-3-2-4-10-17/h2-14,26,29H,15-16H2,1H3,(H,28,31)/t26-/m0/s1. The number of carbonyl (C=O) groups excluding carboxylic acids is 3. The van der Waals surface area contributed by atoms with Gasteiger partial charge in [-0.2, -0.15) is 0 Å². The number of carbonyl (C=O) groups is 3. The van der Waals surface area contributed by atoms with Crippen molar-refractivity contribution in [1.82, 2.24) is 15.2 Å². The van der Waals surface area contributed by atoms with Crippen LogP contribution in [0.25, 0.3) is 22.2 Å². The fourth-order valence-electron chi connectivity index (χ4n) is 4.58. The molecule has 34 heavy (non-hydrogen) atoms. The molecule has 3 aromatic carbocycles. The van der Waals surface area contributed by atoms with Crippen molar-refractivity contribution in [2.24, 2.45) is 0 Å². The molecule has 170 valence electrons. The number of hydrogen-bond acceptors (Lipinski definition) is 4. The lowest BCUT2D eigenvalue weighted by Gasteiger charge is -2.26. The highest BCUT2D eigenvalue weighted by Crippen LogP contribution is 2.45. The third-order valence-corrected chi connectivity index (χ3v) is 6.11. The SMILES string of the molecule is COC(=O)CNC(=O)CN1C(=O)c2ccccc2[C@H]1c1c(-c2ccccc2)[nH]c2ccccc12. The number of para-hydroxylation sites is 1. The van der Waals surface area contributed by atoms with E-state index in [2.05, 4.69) is 15.0 Å². The average molecular weight is 453 g/mol. The summed E-state index contributed by atoms with van der Waals surface area (Å²) in [5.41, 5.74) is 5.17. The Balaban J connectivity index is 1.64. The van der Waals surface area contributed by atoms with E-state index in [4.69, 9.17) is 0 Å². The van der Waals surface area contributed by atoms with Gasteiger partial charge in [0.1, 0.15) is 13.1 Å². The zero-order chi connectivity index (χ0) is 23.7. The number of esters is 1. The summed E-state index contributed by atoms with van der Waals surface area (Å²) in [6.07, 6.45) is 0. The van der Waals surface area contributed by atoms with Gasteiger partial charge in [0.25, 0.3) is 5.91 Å². The Morgan fingerprint density at radius 3 is 2.47 bits per heavy atom. The van der Waals surface area contributed by atoms with E-state index in [1.807, 2.05) is 72.8 Å². The Morgan fingerprint density at radius 2 is 1.68 bits per heavy atom. The fourth-order valence-corrected chi connectivity index (χ4v) is 4.58. The number of amides is 2. The van der Waals surface area contributed by atoms with Gasteiger partial charge in [-0.15, -0.1) is 0 Å². The van der Waals surface area contributed by atoms with Gasteiger partial charge in [0, 0.05) is 22.0 Å². The predicted octanol–water partition coefficient (Wildman–Crippen LogP) is 3.67. The van der Waals surface area contributed by atoms with E-state index in [1.54, 1.807) is 11.0 Å². The highest BCUT2D eigenvalue weighted by molar-refractivity contribution is 6.03. The van der Waals surface area contributed by atoms with Crippen LogP contribution in [-0.4, -0.2) is 47.9 Å². The highest BCUT2D eigenvalue weighted by atomic mass is 16.5. The van der Waals surface area contributed by atoms with E-state index >= 15 is 0 Å². The van der Waals surface area contributed by atoms with Gasteiger partial charge in [-0.05, 0) is 23.3 Å². The van der Waals surface area contributed by atoms with Crippen molar-refractivity contribution in [2.45, 2.75) is 6.04 Å². The summed E-state index contributed by atoms with van der Waals surface area (Å²) in [5.74, 6) is -1.21. The van der Waals surface area contributed by atoms with Crippen LogP contribution in [-0.2, 0) is 14.3 Å². The van der Waals surface area contributed by atoms with Crippen molar-refractivity contribution >= 4 is 28.7 Å². The maximum Gasteiger partial charge on any atom is 0.325 e. The Kier molecular flexibility index (Phi) is 5.59. The molecule has 1 atom stereocenters. The number of nitrogens with zero attached hydrogens (tertiary/aromatic N) is 1. The molecule has 0 saturated heterocycles. The zero-order valence-electron chi connectivity index (χ0n) is 18.6. The molecule has 1 aliphatic rings. The number of fused-ring (bicyclic) bond motifs is 2. The van der Waals surface area contributed by atoms with Crippen molar-refractivity contribution in [3.8, 4) is 11.3 Å². The molecule has 2 amide bonds. The van der Waals surface area contributed by atoms with Crippen LogP contribution in [0.2, 0.25) is 0 Å². The van der Waals surface area contributed by atoms with Gasteiger partial charge in [-0.25, -0.2) is 0 Å². The lowest BCUT2D eigenvalue weighted by Crippen LogP contribution is -2.41. The summed E-state index contributed by atoms with van der Waals surface area (Å²) >= 11 is 0. The molecule has 2 N–H and O–H groups in total. The third-order valence-electron chi connectivity index (χ3n) is 6.11. The lowest BCUT2D eigenvalue weighted by molar-refractivity contribution is -0.141. The van der Waals surface area contributed by atoms with Crippen LogP contribution >= 0.6 is 0 Å². The molecule has 1 aliphatic heterocycles. The molecule has 0 unspecified atom stereocenters. The number of ether oxygens (including phenoxy) is 1. The molecule has 7 nitrogen and oxygen atoms in total. The smallest absolute Gasteiger partial charge is 0.325 e. The minimum atomic E-state index is -0.552. The Labute approximate surface area is 196 Å². The molecule has 1 aromatic heterocycles. The molecular formula is C27H23N3O4. The van der Waals surface area contributed by atoms with E-state index < -0.39 is 17.9 Å². The van der Waals surface area contributed by atoms with Crippen molar-refractivity contribution in [2.75, 3.05) is 20.2 Å². The number of hydrogen-bond donors (Lipinski definition) is 2. The maximum atomic E-state index is 13.5. The quantitative estimate of drug-likeness (QED) is 0.436. The van der Waals surface area contributed by atoms with E-state index in [0.717, 1.165) is 33.3 Å². The number of rotatable bonds is 6. The van der Waals surface area contributed by atoms with Crippen LogP contribution < -0.4 is 5.32 Å². The monoisotopic (exact) mass is 453 g/mol. The Hall–Kier alpha value is -4.39. The molecule has 0 radical (unpaired) electrons. The predicted molar refractivity (Wildman–Crippen MR) is 128 cm³/mol. The largest absolute Gasteiger partial charge is 0.468 e. The van der Waals surface area contributed by atoms with E-state index in [0.29, 0.717) is 5.56 Å². The van der Waals surface area contributed by atoms with E-state index in [-0.39, 0.29) is 19.0 Å². The van der Waals surface area contributed by atoms with Crippen LogP contribution in [0.3, 0.4) is 0 Å². The summed E-state index contributed by atoms with van der Waals surface area (Å²) in [7, 11) is 1.26.